The smallest absolute Gasteiger partial charge is 0.0526 e. The van der Waals surface area contributed by atoms with Crippen molar-refractivity contribution in [3.8, 4) is 0 Å². The zero-order chi connectivity index (χ0) is 11.3. The molecule has 84 valence electrons. The summed E-state index contributed by atoms with van der Waals surface area (Å²) >= 11 is 6.09. The van der Waals surface area contributed by atoms with Crippen molar-refractivity contribution < 1.29 is 0 Å². The molecule has 0 bridgehead atoms. The summed E-state index contributed by atoms with van der Waals surface area (Å²) in [5.41, 5.74) is 9.59. The molecule has 1 heterocycles. The summed E-state index contributed by atoms with van der Waals surface area (Å²) in [5, 5.41) is 2.00. The van der Waals surface area contributed by atoms with Gasteiger partial charge in [0.15, 0.2) is 0 Å². The Kier molecular flexibility index (Phi) is 2.23. The molecule has 1 aliphatic carbocycles. The first-order valence-corrected chi connectivity index (χ1v) is 6.06. The highest BCUT2D eigenvalue weighted by Crippen LogP contribution is 2.42. The third-order valence-corrected chi connectivity index (χ3v) is 3.64. The predicted octanol–water partition coefficient (Wildman–Crippen LogP) is 3.17. The highest BCUT2D eigenvalue weighted by Gasteiger charge is 2.27. The molecule has 2 nitrogen and oxygen atoms in total. The van der Waals surface area contributed by atoms with Crippen molar-refractivity contribution in [2.75, 3.05) is 0 Å². The lowest BCUT2D eigenvalue weighted by Crippen LogP contribution is -2.01. The van der Waals surface area contributed by atoms with Gasteiger partial charge in [-0.25, -0.2) is 0 Å². The molecule has 0 unspecified atom stereocenters. The Balaban J connectivity index is 2.31. The first-order chi connectivity index (χ1) is 7.70. The maximum Gasteiger partial charge on any atom is 0.0526 e. The summed E-state index contributed by atoms with van der Waals surface area (Å²) in [6.45, 7) is 0.541. The van der Waals surface area contributed by atoms with E-state index in [4.69, 9.17) is 17.3 Å². The van der Waals surface area contributed by atoms with Crippen molar-refractivity contribution in [3.63, 3.8) is 0 Å². The van der Waals surface area contributed by atoms with Crippen LogP contribution in [-0.4, -0.2) is 4.57 Å². The molecule has 1 aromatic carbocycles. The van der Waals surface area contributed by atoms with Crippen LogP contribution in [0.25, 0.3) is 10.9 Å². The fourth-order valence-corrected chi connectivity index (χ4v) is 2.76. The van der Waals surface area contributed by atoms with Gasteiger partial charge < -0.3 is 10.3 Å². The monoisotopic (exact) mass is 234 g/mol. The van der Waals surface area contributed by atoms with Crippen LogP contribution < -0.4 is 5.73 Å². The summed E-state index contributed by atoms with van der Waals surface area (Å²) in [4.78, 5) is 0. The number of hydrogen-bond donors (Lipinski definition) is 1. The Morgan fingerprint density at radius 2 is 2.12 bits per heavy atom. The minimum atomic E-state index is 0.541. The molecule has 3 rings (SSSR count). The van der Waals surface area contributed by atoms with Crippen molar-refractivity contribution in [2.45, 2.75) is 25.3 Å². The maximum absolute atomic E-state index is 6.09. The van der Waals surface area contributed by atoms with Gasteiger partial charge in [-0.05, 0) is 42.5 Å². The van der Waals surface area contributed by atoms with E-state index in [2.05, 4.69) is 17.7 Å². The van der Waals surface area contributed by atoms with Crippen LogP contribution in [0.3, 0.4) is 0 Å². The van der Waals surface area contributed by atoms with Gasteiger partial charge in [-0.2, -0.15) is 0 Å². The maximum atomic E-state index is 6.09. The third kappa shape index (κ3) is 1.45. The lowest BCUT2D eigenvalue weighted by molar-refractivity contribution is 0.851. The number of nitrogens with zero attached hydrogens (tertiary/aromatic N) is 1. The van der Waals surface area contributed by atoms with Gasteiger partial charge in [-0.3, -0.25) is 0 Å². The normalized spacial score (nSPS) is 15.9. The second-order valence-electron chi connectivity index (χ2n) is 4.61. The molecule has 0 spiro atoms. The average Bonchev–Trinajstić information content (AvgIpc) is 3.04. The van der Waals surface area contributed by atoms with E-state index >= 15 is 0 Å². The summed E-state index contributed by atoms with van der Waals surface area (Å²) in [6, 6.07) is 6.26. The van der Waals surface area contributed by atoms with E-state index in [0.717, 1.165) is 16.5 Å². The Hall–Kier alpha value is -0.990. The van der Waals surface area contributed by atoms with Gasteiger partial charge >= 0.3 is 0 Å². The molecular weight excluding hydrogens is 220 g/mol. The molecule has 16 heavy (non-hydrogen) atoms. The molecule has 1 aromatic heterocycles. The lowest BCUT2D eigenvalue weighted by Gasteiger charge is -2.06. The Labute approximate surface area is 100.0 Å². The van der Waals surface area contributed by atoms with E-state index in [0.29, 0.717) is 6.54 Å². The predicted molar refractivity (Wildman–Crippen MR) is 67.8 cm³/mol. The van der Waals surface area contributed by atoms with E-state index in [1.54, 1.807) is 0 Å². The molecule has 3 heteroatoms. The number of halogens is 1. The van der Waals surface area contributed by atoms with Gasteiger partial charge in [0, 0.05) is 29.7 Å². The number of rotatable bonds is 2. The number of aromatic nitrogens is 1. The van der Waals surface area contributed by atoms with Crippen molar-refractivity contribution in [3.05, 3.63) is 34.5 Å². The number of benzene rings is 1. The molecule has 0 aliphatic heterocycles. The molecule has 0 atom stereocenters. The van der Waals surface area contributed by atoms with Crippen LogP contribution >= 0.6 is 11.6 Å². The third-order valence-electron chi connectivity index (χ3n) is 3.42. The Bertz CT molecular complexity index is 553. The fraction of sp³-hybridized carbons (Fsp3) is 0.385. The van der Waals surface area contributed by atoms with Crippen LogP contribution in [-0.2, 0) is 13.6 Å². The number of fused-ring (bicyclic) bond motifs is 1. The Morgan fingerprint density at radius 3 is 2.75 bits per heavy atom. The highest BCUT2D eigenvalue weighted by molar-refractivity contribution is 6.31. The molecule has 2 N–H and O–H groups in total. The Morgan fingerprint density at radius 1 is 1.38 bits per heavy atom. The van der Waals surface area contributed by atoms with Crippen molar-refractivity contribution in [2.24, 2.45) is 12.8 Å². The fourth-order valence-electron chi connectivity index (χ4n) is 2.51. The zero-order valence-electron chi connectivity index (χ0n) is 9.33. The van der Waals surface area contributed by atoms with Crippen LogP contribution in [0.15, 0.2) is 18.2 Å². The van der Waals surface area contributed by atoms with Crippen molar-refractivity contribution in [1.29, 1.82) is 0 Å². The van der Waals surface area contributed by atoms with Gasteiger partial charge in [-0.1, -0.05) is 11.6 Å². The zero-order valence-corrected chi connectivity index (χ0v) is 10.1. The van der Waals surface area contributed by atoms with Crippen LogP contribution in [0, 0.1) is 0 Å². The van der Waals surface area contributed by atoms with Gasteiger partial charge in [0.05, 0.1) is 5.52 Å². The average molecular weight is 235 g/mol. The van der Waals surface area contributed by atoms with Gasteiger partial charge in [0.2, 0.25) is 0 Å². The SMILES string of the molecule is Cn1c(C2CC2)cc2cc(Cl)cc(CN)c21. The van der Waals surface area contributed by atoms with E-state index < -0.39 is 0 Å². The molecule has 0 saturated heterocycles. The standard InChI is InChI=1S/C13H15ClN2/c1-16-12(8-2-3-8)6-9-4-11(14)5-10(7-15)13(9)16/h4-6,8H,2-3,7,15H2,1H3. The minimum absolute atomic E-state index is 0.541. The second kappa shape index (κ2) is 3.51. The molecule has 0 radical (unpaired) electrons. The van der Waals surface area contributed by atoms with Crippen molar-refractivity contribution in [1.82, 2.24) is 4.57 Å². The van der Waals surface area contributed by atoms with Crippen LogP contribution in [0.4, 0.5) is 0 Å². The van der Waals surface area contributed by atoms with E-state index in [-0.39, 0.29) is 0 Å². The number of aryl methyl sites for hydroxylation is 1. The summed E-state index contributed by atoms with van der Waals surface area (Å²) in [6.07, 6.45) is 2.63. The number of hydrogen-bond acceptors (Lipinski definition) is 1. The molecule has 2 aromatic rings. The molecule has 1 saturated carbocycles. The summed E-state index contributed by atoms with van der Waals surface area (Å²) in [7, 11) is 2.13. The lowest BCUT2D eigenvalue weighted by atomic mass is 10.1. The minimum Gasteiger partial charge on any atom is -0.347 e. The van der Waals surface area contributed by atoms with Crippen molar-refractivity contribution >= 4 is 22.5 Å². The van der Waals surface area contributed by atoms with Crippen LogP contribution in [0.1, 0.15) is 30.0 Å². The quantitative estimate of drug-likeness (QED) is 0.850. The summed E-state index contributed by atoms with van der Waals surface area (Å²) in [5.74, 6) is 0.752. The number of nitrogens with two attached hydrogens (primary N) is 1. The largest absolute Gasteiger partial charge is 0.347 e. The molecular formula is C13H15ClN2. The first-order valence-electron chi connectivity index (χ1n) is 5.68. The van der Waals surface area contributed by atoms with Gasteiger partial charge in [-0.15, -0.1) is 0 Å². The van der Waals surface area contributed by atoms with E-state index in [1.165, 1.54) is 29.4 Å². The van der Waals surface area contributed by atoms with Crippen LogP contribution in [0.5, 0.6) is 0 Å². The topological polar surface area (TPSA) is 30.9 Å². The van der Waals surface area contributed by atoms with Crippen LogP contribution in [0.2, 0.25) is 5.02 Å². The van der Waals surface area contributed by atoms with E-state index in [1.807, 2.05) is 12.1 Å². The second-order valence-corrected chi connectivity index (χ2v) is 5.05. The highest BCUT2D eigenvalue weighted by atomic mass is 35.5. The van der Waals surface area contributed by atoms with Gasteiger partial charge in [0.1, 0.15) is 0 Å². The summed E-state index contributed by atoms with van der Waals surface area (Å²) < 4.78 is 2.28. The molecule has 0 amide bonds. The first kappa shape index (κ1) is 10.2. The van der Waals surface area contributed by atoms with E-state index in [9.17, 15) is 0 Å². The van der Waals surface area contributed by atoms with Gasteiger partial charge in [0.25, 0.3) is 0 Å². The molecule has 1 fully saturated rings. The molecule has 1 aliphatic rings.